The lowest BCUT2D eigenvalue weighted by atomic mass is 10.2. The highest BCUT2D eigenvalue weighted by molar-refractivity contribution is 5.89. The van der Waals surface area contributed by atoms with Gasteiger partial charge in [-0.1, -0.05) is 48.5 Å². The van der Waals surface area contributed by atoms with E-state index in [0.29, 0.717) is 18.8 Å². The van der Waals surface area contributed by atoms with Crippen LogP contribution in [0.4, 0.5) is 0 Å². The first-order valence-corrected chi connectivity index (χ1v) is 9.44. The number of rotatable bonds is 8. The number of benzene rings is 2. The van der Waals surface area contributed by atoms with E-state index in [0.717, 1.165) is 42.9 Å². The van der Waals surface area contributed by atoms with Gasteiger partial charge in [0.25, 0.3) is 0 Å². The molecule has 1 heterocycles. The van der Waals surface area contributed by atoms with Gasteiger partial charge in [-0.2, -0.15) is 0 Å². The predicted molar refractivity (Wildman–Crippen MR) is 103 cm³/mol. The van der Waals surface area contributed by atoms with Gasteiger partial charge in [-0.3, -0.25) is 0 Å². The molecule has 2 aromatic carbocycles. The summed E-state index contributed by atoms with van der Waals surface area (Å²) >= 11 is 0. The zero-order chi connectivity index (χ0) is 19.0. The first-order valence-electron chi connectivity index (χ1n) is 9.44. The molecule has 3 rings (SSSR count). The molecule has 0 saturated carbocycles. The Balaban J connectivity index is 1.61. The van der Waals surface area contributed by atoms with Crippen molar-refractivity contribution < 1.29 is 23.5 Å². The van der Waals surface area contributed by atoms with E-state index < -0.39 is 0 Å². The van der Waals surface area contributed by atoms with Crippen LogP contribution in [0.5, 0.6) is 0 Å². The van der Waals surface area contributed by atoms with Crippen molar-refractivity contribution in [2.75, 3.05) is 46.5 Å². The summed E-state index contributed by atoms with van der Waals surface area (Å²) in [7, 11) is 2.18. The summed E-state index contributed by atoms with van der Waals surface area (Å²) in [6.45, 7) is 4.91. The van der Waals surface area contributed by atoms with Gasteiger partial charge >= 0.3 is 5.97 Å². The topological polar surface area (TPSA) is 44.8 Å². The van der Waals surface area contributed by atoms with E-state index in [9.17, 15) is 4.79 Å². The van der Waals surface area contributed by atoms with Gasteiger partial charge in [-0.15, -0.1) is 0 Å². The highest BCUT2D eigenvalue weighted by Crippen LogP contribution is 2.13. The van der Waals surface area contributed by atoms with Crippen LogP contribution in [0.2, 0.25) is 0 Å². The van der Waals surface area contributed by atoms with Crippen LogP contribution in [0.3, 0.4) is 0 Å². The van der Waals surface area contributed by atoms with Crippen molar-refractivity contribution in [2.45, 2.75) is 12.7 Å². The highest BCUT2D eigenvalue weighted by atomic mass is 16.6. The lowest BCUT2D eigenvalue weighted by Crippen LogP contribution is -2.56. The molecule has 0 N–H and O–H groups in total. The monoisotopic (exact) mass is 370 g/mol. The minimum atomic E-state index is -0.302. The van der Waals surface area contributed by atoms with E-state index in [1.807, 2.05) is 48.5 Å². The number of hydrogen-bond acceptors (Lipinski definition) is 4. The molecule has 1 saturated heterocycles. The number of morpholine rings is 1. The maximum absolute atomic E-state index is 12.5. The van der Waals surface area contributed by atoms with E-state index in [2.05, 4.69) is 7.05 Å². The first kappa shape index (κ1) is 19.5. The molecule has 0 spiro atoms. The van der Waals surface area contributed by atoms with Crippen LogP contribution in [0, 0.1) is 0 Å². The van der Waals surface area contributed by atoms with Crippen molar-refractivity contribution in [2.24, 2.45) is 0 Å². The fourth-order valence-corrected chi connectivity index (χ4v) is 3.26. The Morgan fingerprint density at radius 3 is 2.33 bits per heavy atom. The second-order valence-electron chi connectivity index (χ2n) is 7.26. The SMILES string of the molecule is C[N+]1(CC(COCc2ccccc2)OC(=O)c2ccccc2)CCOCC1. The average molecular weight is 370 g/mol. The van der Waals surface area contributed by atoms with E-state index in [1.165, 1.54) is 0 Å². The highest BCUT2D eigenvalue weighted by Gasteiger charge is 2.31. The molecule has 1 aliphatic heterocycles. The molecular weight excluding hydrogens is 342 g/mol. The second-order valence-corrected chi connectivity index (χ2v) is 7.26. The molecule has 27 heavy (non-hydrogen) atoms. The Bertz CT molecular complexity index is 699. The van der Waals surface area contributed by atoms with Crippen molar-refractivity contribution in [3.8, 4) is 0 Å². The minimum absolute atomic E-state index is 0.301. The van der Waals surface area contributed by atoms with Gasteiger partial charge in [-0.05, 0) is 17.7 Å². The van der Waals surface area contributed by atoms with Gasteiger partial charge in [0.1, 0.15) is 19.6 Å². The van der Waals surface area contributed by atoms with Crippen molar-refractivity contribution in [3.63, 3.8) is 0 Å². The molecular formula is C22H28NO4+. The Kier molecular flexibility index (Phi) is 6.98. The fraction of sp³-hybridized carbons (Fsp3) is 0.409. The number of likely N-dealkylation sites (N-methyl/N-ethyl adjacent to an activating group) is 1. The van der Waals surface area contributed by atoms with Crippen molar-refractivity contribution in [1.82, 2.24) is 0 Å². The average Bonchev–Trinajstić information content (AvgIpc) is 2.69. The van der Waals surface area contributed by atoms with Crippen LogP contribution >= 0.6 is 0 Å². The van der Waals surface area contributed by atoms with Gasteiger partial charge in [0.05, 0.1) is 39.0 Å². The number of carbonyl (C=O) groups excluding carboxylic acids is 1. The summed E-state index contributed by atoms with van der Waals surface area (Å²) in [5.74, 6) is -0.302. The first-order chi connectivity index (χ1) is 13.1. The number of ether oxygens (including phenoxy) is 3. The normalized spacial score (nSPS) is 17.2. The van der Waals surface area contributed by atoms with E-state index in [1.54, 1.807) is 12.1 Å². The Hall–Kier alpha value is -2.21. The number of quaternary nitrogens is 1. The summed E-state index contributed by atoms with van der Waals surface area (Å²) < 4.78 is 18.0. The van der Waals surface area contributed by atoms with E-state index >= 15 is 0 Å². The van der Waals surface area contributed by atoms with Crippen molar-refractivity contribution >= 4 is 5.97 Å². The molecule has 0 radical (unpaired) electrons. The molecule has 5 nitrogen and oxygen atoms in total. The molecule has 0 aliphatic carbocycles. The summed E-state index contributed by atoms with van der Waals surface area (Å²) in [4.78, 5) is 12.5. The number of esters is 1. The lowest BCUT2D eigenvalue weighted by molar-refractivity contribution is -0.919. The summed E-state index contributed by atoms with van der Waals surface area (Å²) in [5, 5.41) is 0. The van der Waals surface area contributed by atoms with Crippen LogP contribution in [0.25, 0.3) is 0 Å². The van der Waals surface area contributed by atoms with Gasteiger partial charge in [-0.25, -0.2) is 4.79 Å². The molecule has 1 atom stereocenters. The lowest BCUT2D eigenvalue weighted by Gasteiger charge is -2.39. The molecule has 0 bridgehead atoms. The van der Waals surface area contributed by atoms with Gasteiger partial charge < -0.3 is 18.7 Å². The Labute approximate surface area is 161 Å². The summed E-state index contributed by atoms with van der Waals surface area (Å²) in [6.07, 6.45) is -0.301. The molecule has 1 unspecified atom stereocenters. The number of nitrogens with zero attached hydrogens (tertiary/aromatic N) is 1. The fourth-order valence-electron chi connectivity index (χ4n) is 3.26. The largest absolute Gasteiger partial charge is 0.450 e. The van der Waals surface area contributed by atoms with Gasteiger partial charge in [0.2, 0.25) is 0 Å². The van der Waals surface area contributed by atoms with Crippen LogP contribution < -0.4 is 0 Å². The summed E-state index contributed by atoms with van der Waals surface area (Å²) in [6, 6.07) is 19.1. The quantitative estimate of drug-likeness (QED) is 0.529. The van der Waals surface area contributed by atoms with Gasteiger partial charge in [0, 0.05) is 0 Å². The number of carbonyl (C=O) groups is 1. The van der Waals surface area contributed by atoms with E-state index in [4.69, 9.17) is 14.2 Å². The maximum atomic E-state index is 12.5. The maximum Gasteiger partial charge on any atom is 0.338 e. The van der Waals surface area contributed by atoms with E-state index in [-0.39, 0.29) is 12.1 Å². The van der Waals surface area contributed by atoms with Crippen LogP contribution in [-0.4, -0.2) is 63.1 Å². The molecule has 5 heteroatoms. The zero-order valence-corrected chi connectivity index (χ0v) is 15.9. The Morgan fingerprint density at radius 1 is 1.04 bits per heavy atom. The third-order valence-electron chi connectivity index (χ3n) is 4.89. The standard InChI is InChI=1S/C22H28NO4/c1-23(12-14-25-15-13-23)16-21(18-26-17-19-8-4-2-5-9-19)27-22(24)20-10-6-3-7-11-20/h2-11,21H,12-18H2,1H3/q+1. The molecule has 144 valence electrons. The molecule has 1 aliphatic rings. The van der Waals surface area contributed by atoms with Crippen LogP contribution in [0.15, 0.2) is 60.7 Å². The minimum Gasteiger partial charge on any atom is -0.450 e. The van der Waals surface area contributed by atoms with Crippen molar-refractivity contribution in [3.05, 3.63) is 71.8 Å². The second kappa shape index (κ2) is 9.65. The zero-order valence-electron chi connectivity index (χ0n) is 15.9. The van der Waals surface area contributed by atoms with Crippen LogP contribution in [-0.2, 0) is 20.8 Å². The third kappa shape index (κ3) is 6.17. The molecule has 0 aromatic heterocycles. The van der Waals surface area contributed by atoms with Crippen LogP contribution in [0.1, 0.15) is 15.9 Å². The van der Waals surface area contributed by atoms with Crippen molar-refractivity contribution in [1.29, 1.82) is 0 Å². The molecule has 2 aromatic rings. The Morgan fingerprint density at radius 2 is 1.67 bits per heavy atom. The summed E-state index contributed by atoms with van der Waals surface area (Å²) in [5.41, 5.74) is 1.67. The van der Waals surface area contributed by atoms with Gasteiger partial charge in [0.15, 0.2) is 6.10 Å². The molecule has 0 amide bonds. The predicted octanol–water partition coefficient (Wildman–Crippen LogP) is 2.91. The third-order valence-corrected chi connectivity index (χ3v) is 4.89. The molecule has 1 fully saturated rings. The smallest absolute Gasteiger partial charge is 0.338 e. The number of hydrogen-bond donors (Lipinski definition) is 0.